The second-order valence-electron chi connectivity index (χ2n) is 7.93. The van der Waals surface area contributed by atoms with Crippen molar-refractivity contribution in [2.45, 2.75) is 27.7 Å². The van der Waals surface area contributed by atoms with Crippen LogP contribution >= 0.6 is 0 Å². The van der Waals surface area contributed by atoms with Crippen LogP contribution in [0.15, 0.2) is 36.4 Å². The van der Waals surface area contributed by atoms with Crippen molar-refractivity contribution in [2.75, 3.05) is 37.7 Å². The summed E-state index contributed by atoms with van der Waals surface area (Å²) in [5, 5.41) is 0. The molecule has 0 N–H and O–H groups in total. The summed E-state index contributed by atoms with van der Waals surface area (Å²) in [6.45, 7) is 11.0. The van der Waals surface area contributed by atoms with Crippen LogP contribution in [0.4, 0.5) is 5.82 Å². The van der Waals surface area contributed by atoms with E-state index in [0.717, 1.165) is 52.5 Å². The summed E-state index contributed by atoms with van der Waals surface area (Å²) in [4.78, 5) is 26.3. The highest BCUT2D eigenvalue weighted by Gasteiger charge is 2.24. The highest BCUT2D eigenvalue weighted by atomic mass is 16.5. The Morgan fingerprint density at radius 1 is 0.900 bits per heavy atom. The number of anilines is 1. The van der Waals surface area contributed by atoms with Crippen molar-refractivity contribution >= 4 is 22.8 Å². The van der Waals surface area contributed by atoms with Gasteiger partial charge in [-0.1, -0.05) is 24.3 Å². The number of nitrogens with zero attached hydrogens (tertiary/aromatic N) is 4. The van der Waals surface area contributed by atoms with Crippen LogP contribution in [0.5, 0.6) is 5.75 Å². The van der Waals surface area contributed by atoms with Gasteiger partial charge in [0.25, 0.3) is 5.91 Å². The summed E-state index contributed by atoms with van der Waals surface area (Å²) in [5.41, 5.74) is 6.05. The summed E-state index contributed by atoms with van der Waals surface area (Å²) in [6, 6.07) is 12.0. The quantitative estimate of drug-likeness (QED) is 0.665. The van der Waals surface area contributed by atoms with Gasteiger partial charge in [0, 0.05) is 26.2 Å². The lowest BCUT2D eigenvalue weighted by Crippen LogP contribution is -2.50. The minimum atomic E-state index is 0.0243. The number of fused-ring (bicyclic) bond motifs is 1. The first-order valence-corrected chi connectivity index (χ1v) is 10.4. The molecule has 3 aromatic rings. The second kappa shape index (κ2) is 8.30. The number of benzene rings is 2. The van der Waals surface area contributed by atoms with E-state index in [1.54, 1.807) is 0 Å². The Morgan fingerprint density at radius 3 is 2.23 bits per heavy atom. The first-order chi connectivity index (χ1) is 14.4. The number of piperazine rings is 1. The number of rotatable bonds is 4. The van der Waals surface area contributed by atoms with Crippen molar-refractivity contribution in [2.24, 2.45) is 0 Å². The minimum absolute atomic E-state index is 0.0243. The van der Waals surface area contributed by atoms with E-state index >= 15 is 0 Å². The lowest BCUT2D eigenvalue weighted by Gasteiger charge is -2.35. The average molecular weight is 405 g/mol. The Balaban J connectivity index is 1.38. The number of hydrogen-bond donors (Lipinski definition) is 0. The topological polar surface area (TPSA) is 58.6 Å². The van der Waals surface area contributed by atoms with E-state index in [1.165, 1.54) is 5.56 Å². The van der Waals surface area contributed by atoms with Crippen molar-refractivity contribution in [3.63, 3.8) is 0 Å². The molecule has 1 saturated heterocycles. The normalized spacial score (nSPS) is 14.3. The fraction of sp³-hybridized carbons (Fsp3) is 0.375. The number of para-hydroxylation sites is 2. The summed E-state index contributed by atoms with van der Waals surface area (Å²) in [5.74, 6) is 1.75. The van der Waals surface area contributed by atoms with E-state index in [9.17, 15) is 4.79 Å². The highest BCUT2D eigenvalue weighted by molar-refractivity contribution is 5.79. The number of aryl methyl sites for hydroxylation is 3. The van der Waals surface area contributed by atoms with Crippen molar-refractivity contribution in [3.05, 3.63) is 58.8 Å². The molecule has 0 atom stereocenters. The van der Waals surface area contributed by atoms with Gasteiger partial charge in [-0.15, -0.1) is 0 Å². The Morgan fingerprint density at radius 2 is 1.53 bits per heavy atom. The van der Waals surface area contributed by atoms with Crippen LogP contribution in [0.3, 0.4) is 0 Å². The number of ether oxygens (including phenoxy) is 1. The van der Waals surface area contributed by atoms with E-state index in [2.05, 4.69) is 22.9 Å². The molecule has 1 amide bonds. The highest BCUT2D eigenvalue weighted by Crippen LogP contribution is 2.26. The van der Waals surface area contributed by atoms with Gasteiger partial charge >= 0.3 is 0 Å². The molecule has 156 valence electrons. The number of aromatic nitrogens is 2. The van der Waals surface area contributed by atoms with Gasteiger partial charge in [-0.05, 0) is 56.5 Å². The molecule has 2 aromatic carbocycles. The third kappa shape index (κ3) is 3.95. The van der Waals surface area contributed by atoms with Gasteiger partial charge in [-0.2, -0.15) is 0 Å². The molecule has 0 radical (unpaired) electrons. The lowest BCUT2D eigenvalue weighted by molar-refractivity contribution is -0.133. The molecule has 0 bridgehead atoms. The summed E-state index contributed by atoms with van der Waals surface area (Å²) >= 11 is 0. The Hall–Kier alpha value is -3.15. The number of carbonyl (C=O) groups is 1. The smallest absolute Gasteiger partial charge is 0.260 e. The lowest BCUT2D eigenvalue weighted by atomic mass is 10.1. The molecule has 6 heteroatoms. The van der Waals surface area contributed by atoms with Crippen LogP contribution in [0.1, 0.15) is 22.4 Å². The predicted molar refractivity (Wildman–Crippen MR) is 119 cm³/mol. The van der Waals surface area contributed by atoms with Gasteiger partial charge in [-0.3, -0.25) is 4.79 Å². The van der Waals surface area contributed by atoms with Crippen LogP contribution in [0.2, 0.25) is 0 Å². The molecule has 1 aliphatic rings. The van der Waals surface area contributed by atoms with Gasteiger partial charge in [0.15, 0.2) is 12.4 Å². The van der Waals surface area contributed by atoms with E-state index in [-0.39, 0.29) is 12.5 Å². The van der Waals surface area contributed by atoms with Crippen LogP contribution < -0.4 is 9.64 Å². The van der Waals surface area contributed by atoms with Crippen LogP contribution in [-0.2, 0) is 4.79 Å². The molecule has 30 heavy (non-hydrogen) atoms. The maximum atomic E-state index is 12.7. The number of carbonyl (C=O) groups excluding carboxylic acids is 1. The molecule has 0 aliphatic carbocycles. The third-order valence-corrected chi connectivity index (χ3v) is 5.87. The van der Waals surface area contributed by atoms with E-state index in [0.29, 0.717) is 13.1 Å². The van der Waals surface area contributed by atoms with Gasteiger partial charge in [0.05, 0.1) is 16.7 Å². The molecular weight excluding hydrogens is 376 g/mol. The molecular formula is C24H28N4O2. The molecule has 2 heterocycles. The van der Waals surface area contributed by atoms with E-state index < -0.39 is 0 Å². The SMILES string of the molecule is Cc1ccc(C)c(OCC(=O)N2CCN(c3nc4ccccc4nc3C)CC2)c1C. The molecule has 0 unspecified atom stereocenters. The van der Waals surface area contributed by atoms with Crippen molar-refractivity contribution < 1.29 is 9.53 Å². The van der Waals surface area contributed by atoms with E-state index in [4.69, 9.17) is 9.72 Å². The fourth-order valence-corrected chi connectivity index (χ4v) is 3.92. The summed E-state index contributed by atoms with van der Waals surface area (Å²) < 4.78 is 5.92. The second-order valence-corrected chi connectivity index (χ2v) is 7.93. The van der Waals surface area contributed by atoms with Crippen LogP contribution in [0.25, 0.3) is 11.0 Å². The molecule has 1 fully saturated rings. The Kier molecular flexibility index (Phi) is 5.57. The van der Waals surface area contributed by atoms with Crippen molar-refractivity contribution in [3.8, 4) is 5.75 Å². The van der Waals surface area contributed by atoms with Crippen molar-refractivity contribution in [1.29, 1.82) is 0 Å². The van der Waals surface area contributed by atoms with Gasteiger partial charge in [-0.25, -0.2) is 9.97 Å². The number of hydrogen-bond acceptors (Lipinski definition) is 5. The molecule has 1 aromatic heterocycles. The zero-order valence-corrected chi connectivity index (χ0v) is 18.1. The molecule has 1 aliphatic heterocycles. The summed E-state index contributed by atoms with van der Waals surface area (Å²) in [6.07, 6.45) is 0. The Labute approximate surface area is 177 Å². The third-order valence-electron chi connectivity index (χ3n) is 5.87. The van der Waals surface area contributed by atoms with Crippen molar-refractivity contribution in [1.82, 2.24) is 14.9 Å². The molecule has 0 spiro atoms. The van der Waals surface area contributed by atoms with Crippen LogP contribution in [0, 0.1) is 27.7 Å². The average Bonchev–Trinajstić information content (AvgIpc) is 2.76. The number of amides is 1. The monoisotopic (exact) mass is 404 g/mol. The fourth-order valence-electron chi connectivity index (χ4n) is 3.92. The zero-order chi connectivity index (χ0) is 21.3. The predicted octanol–water partition coefficient (Wildman–Crippen LogP) is 3.59. The first-order valence-electron chi connectivity index (χ1n) is 10.4. The standard InChI is InChI=1S/C24H28N4O2/c1-16-9-10-17(2)23(18(16)3)30-15-22(29)27-11-13-28(14-12-27)24-19(4)25-20-7-5-6-8-21(20)26-24/h5-10H,11-15H2,1-4H3. The Bertz CT molecular complexity index is 1090. The van der Waals surface area contributed by atoms with Gasteiger partial charge in [0.1, 0.15) is 5.75 Å². The van der Waals surface area contributed by atoms with Gasteiger partial charge in [0.2, 0.25) is 0 Å². The summed E-state index contributed by atoms with van der Waals surface area (Å²) in [7, 11) is 0. The largest absolute Gasteiger partial charge is 0.483 e. The molecule has 6 nitrogen and oxygen atoms in total. The maximum Gasteiger partial charge on any atom is 0.260 e. The maximum absolute atomic E-state index is 12.7. The zero-order valence-electron chi connectivity index (χ0n) is 18.1. The van der Waals surface area contributed by atoms with Crippen LogP contribution in [-0.4, -0.2) is 53.6 Å². The minimum Gasteiger partial charge on any atom is -0.483 e. The molecule has 0 saturated carbocycles. The van der Waals surface area contributed by atoms with Gasteiger partial charge < -0.3 is 14.5 Å². The first kappa shape index (κ1) is 20.1. The molecule has 4 rings (SSSR count). The van der Waals surface area contributed by atoms with E-state index in [1.807, 2.05) is 56.0 Å².